The second kappa shape index (κ2) is 7.55. The molecule has 1 aromatic carbocycles. The van der Waals surface area contributed by atoms with E-state index >= 15 is 0 Å². The standard InChI is InChI=1S/C14H18F2N2O.ClH/c1-18(14(19)13-4-2-3-7-17-13)9-10-5-6-11(15)12(16)8-10;/h5-6,8,13,17H,2-4,7,9H2,1H3;1H/t13-;/m0./s1. The number of likely N-dealkylation sites (N-methyl/N-ethyl adjacent to an activating group) is 1. The molecule has 0 radical (unpaired) electrons. The van der Waals surface area contributed by atoms with Crippen LogP contribution < -0.4 is 5.32 Å². The molecule has 1 aliphatic rings. The van der Waals surface area contributed by atoms with Gasteiger partial charge in [-0.2, -0.15) is 0 Å². The number of amides is 1. The lowest BCUT2D eigenvalue weighted by atomic mass is 10.0. The number of hydrogen-bond acceptors (Lipinski definition) is 2. The lowest BCUT2D eigenvalue weighted by Crippen LogP contribution is -2.47. The number of piperidine rings is 1. The SMILES string of the molecule is CN(Cc1ccc(F)c(F)c1)C(=O)[C@@H]1CCCCN1.Cl. The summed E-state index contributed by atoms with van der Waals surface area (Å²) < 4.78 is 25.9. The largest absolute Gasteiger partial charge is 0.340 e. The van der Waals surface area contributed by atoms with Crippen LogP contribution in [0.15, 0.2) is 18.2 Å². The third-order valence-corrected chi connectivity index (χ3v) is 3.39. The van der Waals surface area contributed by atoms with Gasteiger partial charge in [-0.05, 0) is 37.1 Å². The highest BCUT2D eigenvalue weighted by molar-refractivity contribution is 5.85. The van der Waals surface area contributed by atoms with E-state index in [0.29, 0.717) is 5.56 Å². The maximum atomic E-state index is 13.1. The summed E-state index contributed by atoms with van der Waals surface area (Å²) in [5.74, 6) is -1.75. The fraction of sp³-hybridized carbons (Fsp3) is 0.500. The zero-order valence-electron chi connectivity index (χ0n) is 11.4. The van der Waals surface area contributed by atoms with Crippen molar-refractivity contribution in [2.24, 2.45) is 0 Å². The van der Waals surface area contributed by atoms with Gasteiger partial charge >= 0.3 is 0 Å². The molecule has 0 saturated carbocycles. The molecule has 0 unspecified atom stereocenters. The van der Waals surface area contributed by atoms with Crippen LogP contribution in [0.5, 0.6) is 0 Å². The van der Waals surface area contributed by atoms with Crippen LogP contribution in [0.4, 0.5) is 8.78 Å². The highest BCUT2D eigenvalue weighted by Crippen LogP contribution is 2.13. The minimum absolute atomic E-state index is 0. The molecule has 1 aliphatic heterocycles. The summed E-state index contributed by atoms with van der Waals surface area (Å²) in [7, 11) is 1.68. The lowest BCUT2D eigenvalue weighted by Gasteiger charge is -2.27. The molecule has 20 heavy (non-hydrogen) atoms. The summed E-state index contributed by atoms with van der Waals surface area (Å²) in [6.45, 7) is 1.14. The summed E-state index contributed by atoms with van der Waals surface area (Å²) in [5.41, 5.74) is 0.588. The van der Waals surface area contributed by atoms with Crippen molar-refractivity contribution in [1.82, 2.24) is 10.2 Å². The predicted octanol–water partition coefficient (Wildman–Crippen LogP) is 2.49. The van der Waals surface area contributed by atoms with Crippen molar-refractivity contribution in [2.75, 3.05) is 13.6 Å². The molecule has 0 aromatic heterocycles. The fourth-order valence-corrected chi connectivity index (χ4v) is 2.32. The number of halogens is 3. The average Bonchev–Trinajstić information content (AvgIpc) is 2.43. The highest BCUT2D eigenvalue weighted by Gasteiger charge is 2.23. The van der Waals surface area contributed by atoms with E-state index < -0.39 is 11.6 Å². The van der Waals surface area contributed by atoms with E-state index in [-0.39, 0.29) is 30.9 Å². The Labute approximate surface area is 123 Å². The van der Waals surface area contributed by atoms with Crippen molar-refractivity contribution < 1.29 is 13.6 Å². The lowest BCUT2D eigenvalue weighted by molar-refractivity contribution is -0.133. The van der Waals surface area contributed by atoms with E-state index in [0.717, 1.165) is 37.9 Å². The summed E-state index contributed by atoms with van der Waals surface area (Å²) in [4.78, 5) is 13.7. The molecule has 1 aromatic rings. The number of benzene rings is 1. The number of rotatable bonds is 3. The first-order chi connectivity index (χ1) is 9.08. The molecule has 0 aliphatic carbocycles. The van der Waals surface area contributed by atoms with Crippen molar-refractivity contribution >= 4 is 18.3 Å². The van der Waals surface area contributed by atoms with Crippen LogP contribution in [0, 0.1) is 11.6 Å². The molecule has 1 fully saturated rings. The van der Waals surface area contributed by atoms with Crippen molar-refractivity contribution in [1.29, 1.82) is 0 Å². The van der Waals surface area contributed by atoms with Crippen LogP contribution in [0.2, 0.25) is 0 Å². The van der Waals surface area contributed by atoms with Gasteiger partial charge in [0.25, 0.3) is 0 Å². The van der Waals surface area contributed by atoms with Gasteiger partial charge in [0.05, 0.1) is 6.04 Å². The van der Waals surface area contributed by atoms with Gasteiger partial charge in [0.1, 0.15) is 0 Å². The maximum Gasteiger partial charge on any atom is 0.239 e. The maximum absolute atomic E-state index is 13.1. The zero-order valence-corrected chi connectivity index (χ0v) is 12.2. The molecule has 1 heterocycles. The fourth-order valence-electron chi connectivity index (χ4n) is 2.32. The van der Waals surface area contributed by atoms with Crippen molar-refractivity contribution in [3.8, 4) is 0 Å². The van der Waals surface area contributed by atoms with Crippen LogP contribution in [0.25, 0.3) is 0 Å². The smallest absolute Gasteiger partial charge is 0.239 e. The van der Waals surface area contributed by atoms with Crippen molar-refractivity contribution in [2.45, 2.75) is 31.8 Å². The minimum atomic E-state index is -0.880. The molecule has 0 spiro atoms. The summed E-state index contributed by atoms with van der Waals surface area (Å²) in [6.07, 6.45) is 2.97. The number of hydrogen-bond donors (Lipinski definition) is 1. The Kier molecular flexibility index (Phi) is 6.36. The van der Waals surface area contributed by atoms with Gasteiger partial charge < -0.3 is 10.2 Å². The molecule has 3 nitrogen and oxygen atoms in total. The van der Waals surface area contributed by atoms with Crippen LogP contribution >= 0.6 is 12.4 Å². The van der Waals surface area contributed by atoms with Gasteiger partial charge in [0.15, 0.2) is 11.6 Å². The molecule has 112 valence electrons. The Morgan fingerprint density at radius 3 is 2.70 bits per heavy atom. The zero-order chi connectivity index (χ0) is 13.8. The minimum Gasteiger partial charge on any atom is -0.340 e. The molecular formula is C14H19ClF2N2O. The monoisotopic (exact) mass is 304 g/mol. The topological polar surface area (TPSA) is 32.3 Å². The molecule has 1 N–H and O–H groups in total. The average molecular weight is 305 g/mol. The third-order valence-electron chi connectivity index (χ3n) is 3.39. The molecular weight excluding hydrogens is 286 g/mol. The Morgan fingerprint density at radius 2 is 2.10 bits per heavy atom. The van der Waals surface area contributed by atoms with Crippen molar-refractivity contribution in [3.05, 3.63) is 35.4 Å². The van der Waals surface area contributed by atoms with Gasteiger partial charge in [-0.25, -0.2) is 8.78 Å². The summed E-state index contributed by atoms with van der Waals surface area (Å²) in [5, 5.41) is 3.18. The van der Waals surface area contributed by atoms with E-state index in [9.17, 15) is 13.6 Å². The Hall–Kier alpha value is -1.20. The Morgan fingerprint density at radius 1 is 1.35 bits per heavy atom. The highest BCUT2D eigenvalue weighted by atomic mass is 35.5. The number of carbonyl (C=O) groups excluding carboxylic acids is 1. The van der Waals surface area contributed by atoms with Crippen molar-refractivity contribution in [3.63, 3.8) is 0 Å². The van der Waals surface area contributed by atoms with E-state index in [1.54, 1.807) is 11.9 Å². The molecule has 6 heteroatoms. The van der Waals surface area contributed by atoms with E-state index in [1.807, 2.05) is 0 Å². The van der Waals surface area contributed by atoms with Gasteiger partial charge in [0, 0.05) is 13.6 Å². The summed E-state index contributed by atoms with van der Waals surface area (Å²) in [6, 6.07) is 3.57. The molecule has 0 bridgehead atoms. The van der Waals surface area contributed by atoms with E-state index in [1.165, 1.54) is 6.07 Å². The predicted molar refractivity (Wildman–Crippen MR) is 75.7 cm³/mol. The Bertz CT molecular complexity index is 464. The van der Waals surface area contributed by atoms with Crippen LogP contribution in [-0.2, 0) is 11.3 Å². The first kappa shape index (κ1) is 16.9. The van der Waals surface area contributed by atoms with Gasteiger partial charge in [0.2, 0.25) is 5.91 Å². The second-order valence-electron chi connectivity index (χ2n) is 4.95. The molecule has 2 rings (SSSR count). The van der Waals surface area contributed by atoms with Crippen LogP contribution in [0.1, 0.15) is 24.8 Å². The van der Waals surface area contributed by atoms with Gasteiger partial charge in [-0.15, -0.1) is 12.4 Å². The normalized spacial score (nSPS) is 18.2. The summed E-state index contributed by atoms with van der Waals surface area (Å²) >= 11 is 0. The first-order valence-corrected chi connectivity index (χ1v) is 6.50. The number of carbonyl (C=O) groups is 1. The van der Waals surface area contributed by atoms with Gasteiger partial charge in [-0.3, -0.25) is 4.79 Å². The molecule has 1 atom stereocenters. The number of nitrogens with zero attached hydrogens (tertiary/aromatic N) is 1. The van der Waals surface area contributed by atoms with Crippen LogP contribution in [0.3, 0.4) is 0 Å². The first-order valence-electron chi connectivity index (χ1n) is 6.50. The van der Waals surface area contributed by atoms with Gasteiger partial charge in [-0.1, -0.05) is 12.5 Å². The number of nitrogens with one attached hydrogen (secondary N) is 1. The third kappa shape index (κ3) is 4.15. The molecule has 1 amide bonds. The molecule has 1 saturated heterocycles. The second-order valence-corrected chi connectivity index (χ2v) is 4.95. The van der Waals surface area contributed by atoms with E-state index in [2.05, 4.69) is 5.32 Å². The quantitative estimate of drug-likeness (QED) is 0.930. The van der Waals surface area contributed by atoms with Crippen LogP contribution in [-0.4, -0.2) is 30.4 Å². The van der Waals surface area contributed by atoms with E-state index in [4.69, 9.17) is 0 Å². The Balaban J connectivity index is 0.00000200.